The largest absolute Gasteiger partial charge is 0.497 e. The second kappa shape index (κ2) is 9.33. The Morgan fingerprint density at radius 2 is 1.64 bits per heavy atom. The number of halogens is 4. The van der Waals surface area contributed by atoms with Crippen molar-refractivity contribution in [2.45, 2.75) is 45.0 Å². The van der Waals surface area contributed by atoms with Gasteiger partial charge in [-0.2, -0.15) is 18.3 Å². The van der Waals surface area contributed by atoms with Gasteiger partial charge in [0.15, 0.2) is 0 Å². The van der Waals surface area contributed by atoms with E-state index < -0.39 is 17.8 Å². The normalized spacial score (nSPS) is 21.8. The molecule has 9 heteroatoms. The van der Waals surface area contributed by atoms with Crippen molar-refractivity contribution in [2.75, 3.05) is 30.1 Å². The van der Waals surface area contributed by atoms with Gasteiger partial charge in [-0.1, -0.05) is 18.5 Å². The molecule has 0 radical (unpaired) electrons. The van der Waals surface area contributed by atoms with Gasteiger partial charge in [0, 0.05) is 37.9 Å². The number of hydrazone groups is 1. The van der Waals surface area contributed by atoms with Crippen LogP contribution in [0.5, 0.6) is 11.5 Å². The molecule has 1 fully saturated rings. The van der Waals surface area contributed by atoms with Crippen LogP contribution in [-0.4, -0.2) is 44.2 Å². The van der Waals surface area contributed by atoms with Crippen LogP contribution < -0.4 is 19.4 Å². The summed E-state index contributed by atoms with van der Waals surface area (Å²) in [5.74, 6) is 0.766. The standard InChI is InChI=1S/C24H27ClF3N3O2/c1-15-16(2)31(29-23(15)24(26,27)28)17-4-6-18(7-5-17)33-19-10-12-30(13-11-19)22-14-20(32-3)8-9-21(22)25/h4-9,14-16,19H,10-13H2,1-3H3/t15-,16-/m0/s1. The predicted octanol–water partition coefficient (Wildman–Crippen LogP) is 6.16. The molecule has 0 aromatic heterocycles. The van der Waals surface area contributed by atoms with Crippen molar-refractivity contribution in [3.05, 3.63) is 47.5 Å². The predicted molar refractivity (Wildman–Crippen MR) is 125 cm³/mol. The average molecular weight is 482 g/mol. The molecule has 1 saturated heterocycles. The minimum Gasteiger partial charge on any atom is -0.497 e. The Hall–Kier alpha value is -2.61. The lowest BCUT2D eigenvalue weighted by Gasteiger charge is -2.34. The van der Waals surface area contributed by atoms with E-state index in [4.69, 9.17) is 21.1 Å². The Labute approximate surface area is 196 Å². The zero-order valence-electron chi connectivity index (χ0n) is 18.8. The number of nitrogens with zero attached hydrogens (tertiary/aromatic N) is 3. The summed E-state index contributed by atoms with van der Waals surface area (Å²) in [4.78, 5) is 2.22. The van der Waals surface area contributed by atoms with Gasteiger partial charge >= 0.3 is 6.18 Å². The molecule has 0 N–H and O–H groups in total. The summed E-state index contributed by atoms with van der Waals surface area (Å²) < 4.78 is 51.0. The molecule has 178 valence electrons. The third kappa shape index (κ3) is 5.00. The van der Waals surface area contributed by atoms with Crippen LogP contribution in [0.25, 0.3) is 0 Å². The van der Waals surface area contributed by atoms with Crippen molar-refractivity contribution in [1.29, 1.82) is 0 Å². The molecule has 4 rings (SSSR count). The van der Waals surface area contributed by atoms with E-state index in [2.05, 4.69) is 10.0 Å². The molecule has 2 aliphatic rings. The number of hydrogen-bond donors (Lipinski definition) is 0. The first-order chi connectivity index (χ1) is 15.7. The third-order valence-corrected chi connectivity index (χ3v) is 6.71. The van der Waals surface area contributed by atoms with Gasteiger partial charge in [0.1, 0.15) is 23.3 Å². The number of hydrogen-bond acceptors (Lipinski definition) is 5. The summed E-state index contributed by atoms with van der Waals surface area (Å²) in [5.41, 5.74) is 0.827. The zero-order chi connectivity index (χ0) is 23.8. The van der Waals surface area contributed by atoms with Crippen LogP contribution >= 0.6 is 11.6 Å². The van der Waals surface area contributed by atoms with Crippen LogP contribution in [0, 0.1) is 5.92 Å². The highest BCUT2D eigenvalue weighted by molar-refractivity contribution is 6.33. The monoisotopic (exact) mass is 481 g/mol. The summed E-state index contributed by atoms with van der Waals surface area (Å²) in [5, 5.41) is 5.98. The molecule has 33 heavy (non-hydrogen) atoms. The summed E-state index contributed by atoms with van der Waals surface area (Å²) in [6.45, 7) is 4.90. The maximum absolute atomic E-state index is 13.2. The molecule has 2 aliphatic heterocycles. The summed E-state index contributed by atoms with van der Waals surface area (Å²) in [6, 6.07) is 12.3. The Kier molecular flexibility index (Phi) is 6.66. The van der Waals surface area contributed by atoms with E-state index >= 15 is 0 Å². The van der Waals surface area contributed by atoms with Crippen molar-refractivity contribution in [3.8, 4) is 11.5 Å². The molecule has 0 unspecified atom stereocenters. The van der Waals surface area contributed by atoms with Crippen LogP contribution in [0.4, 0.5) is 24.5 Å². The third-order valence-electron chi connectivity index (χ3n) is 6.39. The molecule has 0 spiro atoms. The summed E-state index contributed by atoms with van der Waals surface area (Å²) in [6.07, 6.45) is -2.71. The van der Waals surface area contributed by atoms with Gasteiger partial charge in [0.2, 0.25) is 0 Å². The number of alkyl halides is 3. The maximum atomic E-state index is 13.2. The Bertz CT molecular complexity index is 1010. The van der Waals surface area contributed by atoms with E-state index in [1.807, 2.05) is 18.2 Å². The number of methoxy groups -OCH3 is 1. The Morgan fingerprint density at radius 3 is 2.21 bits per heavy atom. The van der Waals surface area contributed by atoms with Crippen LogP contribution in [0.3, 0.4) is 0 Å². The SMILES string of the molecule is COc1ccc(Cl)c(N2CCC(Oc3ccc(N4N=C(C(F)(F)F)[C@@H](C)[C@@H]4C)cc3)CC2)c1. The van der Waals surface area contributed by atoms with E-state index in [-0.39, 0.29) is 12.1 Å². The van der Waals surface area contributed by atoms with Crippen LogP contribution in [0.1, 0.15) is 26.7 Å². The fourth-order valence-electron chi connectivity index (χ4n) is 4.29. The zero-order valence-corrected chi connectivity index (χ0v) is 19.5. The van der Waals surface area contributed by atoms with Crippen molar-refractivity contribution in [1.82, 2.24) is 0 Å². The number of anilines is 2. The Balaban J connectivity index is 1.37. The molecular formula is C24H27ClF3N3O2. The minimum absolute atomic E-state index is 0.0528. The van der Waals surface area contributed by atoms with Gasteiger partial charge < -0.3 is 14.4 Å². The smallest absolute Gasteiger partial charge is 0.431 e. The highest BCUT2D eigenvalue weighted by Crippen LogP contribution is 2.36. The van der Waals surface area contributed by atoms with E-state index in [0.717, 1.165) is 37.4 Å². The molecule has 5 nitrogen and oxygen atoms in total. The van der Waals surface area contributed by atoms with Crippen LogP contribution in [0.2, 0.25) is 5.02 Å². The van der Waals surface area contributed by atoms with Gasteiger partial charge in [-0.15, -0.1) is 0 Å². The van der Waals surface area contributed by atoms with Crippen LogP contribution in [-0.2, 0) is 0 Å². The van der Waals surface area contributed by atoms with Gasteiger partial charge in [0.05, 0.1) is 29.5 Å². The lowest BCUT2D eigenvalue weighted by atomic mass is 9.98. The molecule has 0 bridgehead atoms. The highest BCUT2D eigenvalue weighted by Gasteiger charge is 2.46. The first-order valence-electron chi connectivity index (χ1n) is 11.0. The maximum Gasteiger partial charge on any atom is 0.431 e. The first-order valence-corrected chi connectivity index (χ1v) is 11.4. The van der Waals surface area contributed by atoms with Crippen molar-refractivity contribution in [3.63, 3.8) is 0 Å². The average Bonchev–Trinajstić information content (AvgIpc) is 3.10. The van der Waals surface area contributed by atoms with Crippen molar-refractivity contribution >= 4 is 28.7 Å². The fraction of sp³-hybridized carbons (Fsp3) is 0.458. The second-order valence-electron chi connectivity index (χ2n) is 8.47. The molecule has 0 amide bonds. The molecule has 2 heterocycles. The molecule has 2 aromatic carbocycles. The van der Waals surface area contributed by atoms with E-state index in [9.17, 15) is 13.2 Å². The van der Waals surface area contributed by atoms with Gasteiger partial charge in [-0.25, -0.2) is 0 Å². The van der Waals surface area contributed by atoms with Gasteiger partial charge in [0.25, 0.3) is 0 Å². The number of benzene rings is 2. The molecule has 2 aromatic rings. The first kappa shape index (κ1) is 23.5. The van der Waals surface area contributed by atoms with Crippen molar-refractivity contribution in [2.24, 2.45) is 11.0 Å². The van der Waals surface area contributed by atoms with Crippen LogP contribution in [0.15, 0.2) is 47.6 Å². The van der Waals surface area contributed by atoms with E-state index in [1.54, 1.807) is 45.2 Å². The van der Waals surface area contributed by atoms with E-state index in [1.165, 1.54) is 5.01 Å². The molecule has 0 aliphatic carbocycles. The number of rotatable bonds is 5. The molecular weight excluding hydrogens is 455 g/mol. The molecule has 0 saturated carbocycles. The number of piperidine rings is 1. The summed E-state index contributed by atoms with van der Waals surface area (Å²) >= 11 is 6.37. The quantitative estimate of drug-likeness (QED) is 0.512. The van der Waals surface area contributed by atoms with Gasteiger partial charge in [-0.3, -0.25) is 5.01 Å². The minimum atomic E-state index is -4.42. The lowest BCUT2D eigenvalue weighted by Crippen LogP contribution is -2.38. The lowest BCUT2D eigenvalue weighted by molar-refractivity contribution is -0.0619. The topological polar surface area (TPSA) is 37.3 Å². The fourth-order valence-corrected chi connectivity index (χ4v) is 4.53. The van der Waals surface area contributed by atoms with Gasteiger partial charge in [-0.05, 0) is 43.3 Å². The highest BCUT2D eigenvalue weighted by atomic mass is 35.5. The van der Waals surface area contributed by atoms with E-state index in [0.29, 0.717) is 16.5 Å². The Morgan fingerprint density at radius 1 is 1.00 bits per heavy atom. The summed E-state index contributed by atoms with van der Waals surface area (Å²) in [7, 11) is 1.63. The van der Waals surface area contributed by atoms with Crippen molar-refractivity contribution < 1.29 is 22.6 Å². The molecule has 2 atom stereocenters. The number of ether oxygens (including phenoxy) is 2. The second-order valence-corrected chi connectivity index (χ2v) is 8.88.